The normalized spacial score (nSPS) is 15.7. The molecule has 6 nitrogen and oxygen atoms in total. The summed E-state index contributed by atoms with van der Waals surface area (Å²) >= 11 is 5.93. The van der Waals surface area contributed by atoms with Crippen molar-refractivity contribution in [2.75, 3.05) is 37.6 Å². The second-order valence-corrected chi connectivity index (χ2v) is 7.08. The summed E-state index contributed by atoms with van der Waals surface area (Å²) in [6, 6.07) is 13.5. The standard InChI is InChI=1S/C20H22ClN5O/c21-17-7-5-16(6-8-17)20-23-19(27-24-20)9-13-25-11-3-12-26(15-14-25)18-4-1-2-10-22-18/h1-2,4-8,10H,3,9,11-15H2. The smallest absolute Gasteiger partial charge is 0.228 e. The Kier molecular flexibility index (Phi) is 5.65. The molecule has 0 amide bonds. The molecule has 0 unspecified atom stereocenters. The number of rotatable bonds is 5. The van der Waals surface area contributed by atoms with E-state index >= 15 is 0 Å². The predicted octanol–water partition coefficient (Wildman–Crippen LogP) is 3.54. The third kappa shape index (κ3) is 4.64. The van der Waals surface area contributed by atoms with Crippen molar-refractivity contribution in [1.29, 1.82) is 0 Å². The largest absolute Gasteiger partial charge is 0.355 e. The third-order valence-corrected chi connectivity index (χ3v) is 5.03. The molecule has 140 valence electrons. The minimum atomic E-state index is 0.610. The number of nitrogens with zero attached hydrogens (tertiary/aromatic N) is 5. The van der Waals surface area contributed by atoms with Gasteiger partial charge in [-0.3, -0.25) is 0 Å². The Bertz CT molecular complexity index is 852. The van der Waals surface area contributed by atoms with Crippen LogP contribution in [0.2, 0.25) is 5.02 Å². The van der Waals surface area contributed by atoms with E-state index in [1.165, 1.54) is 0 Å². The first-order valence-electron chi connectivity index (χ1n) is 9.25. The van der Waals surface area contributed by atoms with Crippen LogP contribution >= 0.6 is 11.6 Å². The Morgan fingerprint density at radius 1 is 1.00 bits per heavy atom. The number of anilines is 1. The first kappa shape index (κ1) is 17.9. The maximum Gasteiger partial charge on any atom is 0.228 e. The molecule has 1 aliphatic heterocycles. The molecule has 2 aromatic heterocycles. The molecular weight excluding hydrogens is 362 g/mol. The quantitative estimate of drug-likeness (QED) is 0.671. The van der Waals surface area contributed by atoms with Crippen LogP contribution in [0.1, 0.15) is 12.3 Å². The molecule has 3 aromatic rings. The number of hydrogen-bond acceptors (Lipinski definition) is 6. The Morgan fingerprint density at radius 2 is 1.89 bits per heavy atom. The van der Waals surface area contributed by atoms with E-state index < -0.39 is 0 Å². The van der Waals surface area contributed by atoms with Crippen molar-refractivity contribution in [3.63, 3.8) is 0 Å². The van der Waals surface area contributed by atoms with Gasteiger partial charge in [-0.25, -0.2) is 4.98 Å². The molecule has 27 heavy (non-hydrogen) atoms. The fourth-order valence-corrected chi connectivity index (χ4v) is 3.42. The van der Waals surface area contributed by atoms with Gasteiger partial charge in [0, 0.05) is 49.4 Å². The van der Waals surface area contributed by atoms with Crippen molar-refractivity contribution >= 4 is 17.4 Å². The average molecular weight is 384 g/mol. The first-order chi connectivity index (χ1) is 13.3. The molecule has 3 heterocycles. The molecule has 0 bridgehead atoms. The minimum Gasteiger partial charge on any atom is -0.355 e. The van der Waals surface area contributed by atoms with Crippen LogP contribution in [-0.4, -0.2) is 52.7 Å². The fraction of sp³-hybridized carbons (Fsp3) is 0.350. The molecule has 1 saturated heterocycles. The van der Waals surface area contributed by atoms with Gasteiger partial charge in [-0.05, 0) is 49.4 Å². The summed E-state index contributed by atoms with van der Waals surface area (Å²) in [6.07, 6.45) is 3.73. The van der Waals surface area contributed by atoms with E-state index in [2.05, 4.69) is 31.0 Å². The zero-order chi connectivity index (χ0) is 18.5. The molecule has 0 N–H and O–H groups in total. The molecule has 0 aliphatic carbocycles. The molecule has 1 fully saturated rings. The molecule has 0 radical (unpaired) electrons. The van der Waals surface area contributed by atoms with E-state index in [0.29, 0.717) is 16.7 Å². The van der Waals surface area contributed by atoms with Gasteiger partial charge < -0.3 is 14.3 Å². The highest BCUT2D eigenvalue weighted by Crippen LogP contribution is 2.19. The molecular formula is C20H22ClN5O. The summed E-state index contributed by atoms with van der Waals surface area (Å²) in [5.41, 5.74) is 0.912. The van der Waals surface area contributed by atoms with Gasteiger partial charge in [-0.2, -0.15) is 4.98 Å². The topological polar surface area (TPSA) is 58.3 Å². The average Bonchev–Trinajstić information content (AvgIpc) is 3.05. The molecule has 0 atom stereocenters. The highest BCUT2D eigenvalue weighted by atomic mass is 35.5. The van der Waals surface area contributed by atoms with Crippen molar-refractivity contribution < 1.29 is 4.52 Å². The summed E-state index contributed by atoms with van der Waals surface area (Å²) in [7, 11) is 0. The van der Waals surface area contributed by atoms with Crippen molar-refractivity contribution in [1.82, 2.24) is 20.0 Å². The number of halogens is 1. The molecule has 0 saturated carbocycles. The summed E-state index contributed by atoms with van der Waals surface area (Å²) < 4.78 is 5.42. The zero-order valence-corrected chi connectivity index (χ0v) is 15.8. The number of benzene rings is 1. The van der Waals surface area contributed by atoms with Crippen LogP contribution in [0.3, 0.4) is 0 Å². The minimum absolute atomic E-state index is 0.610. The van der Waals surface area contributed by atoms with Gasteiger partial charge in [-0.15, -0.1) is 0 Å². The van der Waals surface area contributed by atoms with Gasteiger partial charge >= 0.3 is 0 Å². The Morgan fingerprint density at radius 3 is 2.70 bits per heavy atom. The van der Waals surface area contributed by atoms with Crippen molar-refractivity contribution in [2.45, 2.75) is 12.8 Å². The van der Waals surface area contributed by atoms with Gasteiger partial charge in [0.15, 0.2) is 0 Å². The molecule has 4 rings (SSSR count). The van der Waals surface area contributed by atoms with Crippen molar-refractivity contribution in [2.24, 2.45) is 0 Å². The second kappa shape index (κ2) is 8.50. The van der Waals surface area contributed by atoms with Crippen LogP contribution in [0.5, 0.6) is 0 Å². The highest BCUT2D eigenvalue weighted by molar-refractivity contribution is 6.30. The molecule has 1 aliphatic rings. The summed E-state index contributed by atoms with van der Waals surface area (Å²) in [6.45, 7) is 5.01. The Hall–Kier alpha value is -2.44. The van der Waals surface area contributed by atoms with E-state index in [-0.39, 0.29) is 0 Å². The SMILES string of the molecule is Clc1ccc(-c2noc(CCN3CCCN(c4ccccn4)CC3)n2)cc1. The van der Waals surface area contributed by atoms with Gasteiger partial charge in [0.2, 0.25) is 11.7 Å². The van der Waals surface area contributed by atoms with Crippen LogP contribution in [0, 0.1) is 0 Å². The first-order valence-corrected chi connectivity index (χ1v) is 9.62. The lowest BCUT2D eigenvalue weighted by Crippen LogP contribution is -2.32. The lowest BCUT2D eigenvalue weighted by molar-refractivity contribution is 0.279. The summed E-state index contributed by atoms with van der Waals surface area (Å²) in [4.78, 5) is 13.8. The van der Waals surface area contributed by atoms with Crippen LogP contribution in [0.15, 0.2) is 53.2 Å². The monoisotopic (exact) mass is 383 g/mol. The number of aromatic nitrogens is 3. The van der Waals surface area contributed by atoms with E-state index in [0.717, 1.165) is 56.9 Å². The summed E-state index contributed by atoms with van der Waals surface area (Å²) in [5, 5.41) is 4.78. The van der Waals surface area contributed by atoms with Gasteiger partial charge in [-0.1, -0.05) is 22.8 Å². The number of hydrogen-bond donors (Lipinski definition) is 0. The van der Waals surface area contributed by atoms with Crippen LogP contribution in [0.25, 0.3) is 11.4 Å². The van der Waals surface area contributed by atoms with Crippen LogP contribution in [0.4, 0.5) is 5.82 Å². The Labute approximate surface area is 163 Å². The second-order valence-electron chi connectivity index (χ2n) is 6.64. The van der Waals surface area contributed by atoms with Crippen LogP contribution < -0.4 is 4.90 Å². The summed E-state index contributed by atoms with van der Waals surface area (Å²) in [5.74, 6) is 2.34. The molecule has 0 spiro atoms. The van der Waals surface area contributed by atoms with E-state index in [1.54, 1.807) is 0 Å². The Balaban J connectivity index is 1.31. The van der Waals surface area contributed by atoms with Gasteiger partial charge in [0.1, 0.15) is 5.82 Å². The predicted molar refractivity (Wildman–Crippen MR) is 106 cm³/mol. The zero-order valence-electron chi connectivity index (χ0n) is 15.1. The number of pyridine rings is 1. The van der Waals surface area contributed by atoms with Crippen LogP contribution in [-0.2, 0) is 6.42 Å². The van der Waals surface area contributed by atoms with Gasteiger partial charge in [0.25, 0.3) is 0 Å². The highest BCUT2D eigenvalue weighted by Gasteiger charge is 2.17. The van der Waals surface area contributed by atoms with Crippen molar-refractivity contribution in [3.8, 4) is 11.4 Å². The maximum absolute atomic E-state index is 5.93. The van der Waals surface area contributed by atoms with E-state index in [9.17, 15) is 0 Å². The van der Waals surface area contributed by atoms with E-state index in [4.69, 9.17) is 16.1 Å². The molecule has 1 aromatic carbocycles. The lowest BCUT2D eigenvalue weighted by atomic mass is 10.2. The van der Waals surface area contributed by atoms with Gasteiger partial charge in [0.05, 0.1) is 0 Å². The maximum atomic E-state index is 5.93. The lowest BCUT2D eigenvalue weighted by Gasteiger charge is -2.22. The van der Waals surface area contributed by atoms with E-state index in [1.807, 2.05) is 42.6 Å². The third-order valence-electron chi connectivity index (χ3n) is 4.77. The molecule has 7 heteroatoms. The van der Waals surface area contributed by atoms with Crippen molar-refractivity contribution in [3.05, 3.63) is 59.6 Å². The fourth-order valence-electron chi connectivity index (χ4n) is 3.29.